The quantitative estimate of drug-likeness (QED) is 0.905. The predicted molar refractivity (Wildman–Crippen MR) is 68.5 cm³/mol. The Hall–Kier alpha value is -2.04. The summed E-state index contributed by atoms with van der Waals surface area (Å²) < 4.78 is 5.18. The highest BCUT2D eigenvalue weighted by Gasteiger charge is 2.37. The predicted octanol–water partition coefficient (Wildman–Crippen LogP) is 1.98. The van der Waals surface area contributed by atoms with E-state index in [2.05, 4.69) is 0 Å². The maximum absolute atomic E-state index is 11.8. The first-order valence-electron chi connectivity index (χ1n) is 6.26. The van der Waals surface area contributed by atoms with Crippen LogP contribution in [0.5, 0.6) is 0 Å². The van der Waals surface area contributed by atoms with Crippen LogP contribution >= 0.6 is 0 Å². The summed E-state index contributed by atoms with van der Waals surface area (Å²) in [6, 6.07) is 9.40. The van der Waals surface area contributed by atoms with Gasteiger partial charge in [-0.2, -0.15) is 0 Å². The largest absolute Gasteiger partial charge is 0.481 e. The van der Waals surface area contributed by atoms with E-state index in [0.29, 0.717) is 6.54 Å². The molecular weight excluding hydrogens is 246 g/mol. The highest BCUT2D eigenvalue weighted by Crippen LogP contribution is 2.23. The molecule has 2 atom stereocenters. The van der Waals surface area contributed by atoms with Crippen LogP contribution in [0.1, 0.15) is 12.5 Å². The van der Waals surface area contributed by atoms with Gasteiger partial charge in [0.25, 0.3) is 0 Å². The molecular formula is C14H17NO4. The van der Waals surface area contributed by atoms with Crippen molar-refractivity contribution in [1.29, 1.82) is 0 Å². The van der Waals surface area contributed by atoms with Gasteiger partial charge in [-0.1, -0.05) is 37.3 Å². The van der Waals surface area contributed by atoms with Gasteiger partial charge >= 0.3 is 12.1 Å². The van der Waals surface area contributed by atoms with Crippen molar-refractivity contribution in [2.24, 2.45) is 11.8 Å². The average molecular weight is 263 g/mol. The summed E-state index contributed by atoms with van der Waals surface area (Å²) in [5.74, 6) is -1.39. The molecule has 1 aliphatic rings. The van der Waals surface area contributed by atoms with Crippen molar-refractivity contribution in [3.63, 3.8) is 0 Å². The van der Waals surface area contributed by atoms with Crippen molar-refractivity contribution in [2.75, 3.05) is 13.1 Å². The summed E-state index contributed by atoms with van der Waals surface area (Å²) >= 11 is 0. The maximum Gasteiger partial charge on any atom is 0.410 e. The van der Waals surface area contributed by atoms with Gasteiger partial charge in [0.1, 0.15) is 6.61 Å². The second-order valence-corrected chi connectivity index (χ2v) is 4.87. The minimum Gasteiger partial charge on any atom is -0.481 e. The van der Waals surface area contributed by atoms with E-state index in [1.54, 1.807) is 0 Å². The van der Waals surface area contributed by atoms with E-state index in [1.165, 1.54) is 4.90 Å². The number of hydrogen-bond acceptors (Lipinski definition) is 3. The molecule has 1 N–H and O–H groups in total. The molecule has 1 heterocycles. The van der Waals surface area contributed by atoms with Crippen molar-refractivity contribution in [2.45, 2.75) is 13.5 Å². The van der Waals surface area contributed by atoms with Crippen LogP contribution in [0.3, 0.4) is 0 Å². The van der Waals surface area contributed by atoms with Crippen LogP contribution in [0.25, 0.3) is 0 Å². The normalized spacial score (nSPS) is 22.3. The summed E-state index contributed by atoms with van der Waals surface area (Å²) in [6.45, 7) is 2.71. The zero-order chi connectivity index (χ0) is 13.8. The number of carbonyl (C=O) groups is 2. The SMILES string of the molecule is C[C@@H]1CN(C(=O)OCc2ccccc2)C[C@@H]1C(=O)O. The highest BCUT2D eigenvalue weighted by molar-refractivity contribution is 5.74. The lowest BCUT2D eigenvalue weighted by atomic mass is 9.99. The maximum atomic E-state index is 11.8. The minimum absolute atomic E-state index is 0.0400. The summed E-state index contributed by atoms with van der Waals surface area (Å²) in [5.41, 5.74) is 0.915. The Morgan fingerprint density at radius 3 is 2.58 bits per heavy atom. The van der Waals surface area contributed by atoms with Gasteiger partial charge in [0, 0.05) is 13.1 Å². The Morgan fingerprint density at radius 2 is 2.00 bits per heavy atom. The number of carboxylic acids is 1. The molecule has 1 saturated heterocycles. The van der Waals surface area contributed by atoms with Gasteiger partial charge in [0.15, 0.2) is 0 Å². The average Bonchev–Trinajstić information content (AvgIpc) is 2.79. The molecule has 1 amide bonds. The lowest BCUT2D eigenvalue weighted by molar-refractivity contribution is -0.142. The summed E-state index contributed by atoms with van der Waals surface area (Å²) in [5, 5.41) is 9.01. The number of likely N-dealkylation sites (tertiary alicyclic amines) is 1. The summed E-state index contributed by atoms with van der Waals surface area (Å²) in [4.78, 5) is 24.3. The lowest BCUT2D eigenvalue weighted by Crippen LogP contribution is -2.30. The van der Waals surface area contributed by atoms with Crippen molar-refractivity contribution >= 4 is 12.1 Å². The molecule has 0 saturated carbocycles. The van der Waals surface area contributed by atoms with E-state index >= 15 is 0 Å². The zero-order valence-electron chi connectivity index (χ0n) is 10.8. The molecule has 0 aromatic heterocycles. The molecule has 0 spiro atoms. The molecule has 102 valence electrons. The van der Waals surface area contributed by atoms with Crippen LogP contribution in [-0.4, -0.2) is 35.2 Å². The van der Waals surface area contributed by atoms with Gasteiger partial charge < -0.3 is 14.7 Å². The van der Waals surface area contributed by atoms with Crippen molar-refractivity contribution in [1.82, 2.24) is 4.90 Å². The van der Waals surface area contributed by atoms with Crippen molar-refractivity contribution in [3.05, 3.63) is 35.9 Å². The minimum atomic E-state index is -0.856. The Bertz CT molecular complexity index is 460. The number of hydrogen-bond donors (Lipinski definition) is 1. The first-order valence-corrected chi connectivity index (χ1v) is 6.26. The van der Waals surface area contributed by atoms with E-state index in [1.807, 2.05) is 37.3 Å². The standard InChI is InChI=1S/C14H17NO4/c1-10-7-15(8-12(10)13(16)17)14(18)19-9-11-5-3-2-4-6-11/h2-6,10,12H,7-9H2,1H3,(H,16,17)/t10-,12+/m1/s1. The molecule has 19 heavy (non-hydrogen) atoms. The fourth-order valence-electron chi connectivity index (χ4n) is 2.25. The van der Waals surface area contributed by atoms with E-state index in [0.717, 1.165) is 5.56 Å². The first kappa shape index (κ1) is 13.4. The van der Waals surface area contributed by atoms with Crippen molar-refractivity contribution in [3.8, 4) is 0 Å². The van der Waals surface area contributed by atoms with Gasteiger partial charge in [-0.15, -0.1) is 0 Å². The van der Waals surface area contributed by atoms with Crippen molar-refractivity contribution < 1.29 is 19.4 Å². The van der Waals surface area contributed by atoms with Crippen LogP contribution in [0, 0.1) is 11.8 Å². The van der Waals surface area contributed by atoms with Crippen LogP contribution in [0.2, 0.25) is 0 Å². The number of aliphatic carboxylic acids is 1. The Balaban J connectivity index is 1.86. The molecule has 5 heteroatoms. The monoisotopic (exact) mass is 263 g/mol. The first-order chi connectivity index (χ1) is 9.08. The van der Waals surface area contributed by atoms with E-state index in [4.69, 9.17) is 9.84 Å². The zero-order valence-corrected chi connectivity index (χ0v) is 10.8. The van der Waals surface area contributed by atoms with Gasteiger partial charge in [0.05, 0.1) is 5.92 Å². The molecule has 1 aliphatic heterocycles. The number of nitrogens with zero attached hydrogens (tertiary/aromatic N) is 1. The fraction of sp³-hybridized carbons (Fsp3) is 0.429. The molecule has 5 nitrogen and oxygen atoms in total. The number of amides is 1. The summed E-state index contributed by atoms with van der Waals surface area (Å²) in [6.07, 6.45) is -0.445. The molecule has 0 unspecified atom stereocenters. The smallest absolute Gasteiger partial charge is 0.410 e. The number of carbonyl (C=O) groups excluding carboxylic acids is 1. The number of carboxylic acid groups (broad SMARTS) is 1. The second-order valence-electron chi connectivity index (χ2n) is 4.87. The molecule has 1 aromatic rings. The van der Waals surface area contributed by atoms with E-state index < -0.39 is 18.0 Å². The lowest BCUT2D eigenvalue weighted by Gasteiger charge is -2.15. The molecule has 1 fully saturated rings. The molecule has 2 rings (SSSR count). The summed E-state index contributed by atoms with van der Waals surface area (Å²) in [7, 11) is 0. The van der Waals surface area contributed by atoms with Crippen LogP contribution in [0.4, 0.5) is 4.79 Å². The van der Waals surface area contributed by atoms with Crippen LogP contribution < -0.4 is 0 Å². The number of rotatable bonds is 3. The van der Waals surface area contributed by atoms with E-state index in [-0.39, 0.29) is 19.1 Å². The Kier molecular flexibility index (Phi) is 4.04. The van der Waals surface area contributed by atoms with Gasteiger partial charge in [-0.3, -0.25) is 4.79 Å². The number of benzene rings is 1. The third-order valence-corrected chi connectivity index (χ3v) is 3.39. The van der Waals surface area contributed by atoms with Gasteiger partial charge in [0.2, 0.25) is 0 Å². The van der Waals surface area contributed by atoms with E-state index in [9.17, 15) is 9.59 Å². The molecule has 0 radical (unpaired) electrons. The fourth-order valence-corrected chi connectivity index (χ4v) is 2.25. The Labute approximate surface area is 111 Å². The molecule has 0 aliphatic carbocycles. The van der Waals surface area contributed by atoms with Gasteiger partial charge in [-0.05, 0) is 11.5 Å². The molecule has 1 aromatic carbocycles. The number of ether oxygens (including phenoxy) is 1. The van der Waals surface area contributed by atoms with Crippen LogP contribution in [0.15, 0.2) is 30.3 Å². The third-order valence-electron chi connectivity index (χ3n) is 3.39. The molecule has 0 bridgehead atoms. The third kappa shape index (κ3) is 3.24. The highest BCUT2D eigenvalue weighted by atomic mass is 16.6. The Morgan fingerprint density at radius 1 is 1.32 bits per heavy atom. The van der Waals surface area contributed by atoms with Crippen LogP contribution in [-0.2, 0) is 16.1 Å². The van der Waals surface area contributed by atoms with Gasteiger partial charge in [-0.25, -0.2) is 4.79 Å². The second kappa shape index (κ2) is 5.73. The topological polar surface area (TPSA) is 66.8 Å².